The van der Waals surface area contributed by atoms with Crippen LogP contribution in [0.25, 0.3) is 10.2 Å². The van der Waals surface area contributed by atoms with Crippen LogP contribution >= 0.6 is 11.3 Å². The van der Waals surface area contributed by atoms with Crippen LogP contribution in [0.5, 0.6) is 0 Å². The molecule has 24 heavy (non-hydrogen) atoms. The van der Waals surface area contributed by atoms with Gasteiger partial charge in [0.25, 0.3) is 11.5 Å². The first-order valence-electron chi connectivity index (χ1n) is 8.48. The van der Waals surface area contributed by atoms with Crippen LogP contribution in [0.15, 0.2) is 4.79 Å². The van der Waals surface area contributed by atoms with Crippen LogP contribution < -0.4 is 10.9 Å². The van der Waals surface area contributed by atoms with Crippen molar-refractivity contribution in [2.24, 2.45) is 0 Å². The van der Waals surface area contributed by atoms with Gasteiger partial charge >= 0.3 is 0 Å². The number of hydrogen-bond acceptors (Lipinski definition) is 5. The zero-order valence-corrected chi connectivity index (χ0v) is 15.7. The van der Waals surface area contributed by atoms with Crippen LogP contribution in [0.2, 0.25) is 0 Å². The summed E-state index contributed by atoms with van der Waals surface area (Å²) in [5, 5.41) is 3.48. The van der Waals surface area contributed by atoms with E-state index in [2.05, 4.69) is 34.0 Å². The molecule has 7 heteroatoms. The maximum Gasteiger partial charge on any atom is 0.261 e. The third-order valence-corrected chi connectivity index (χ3v) is 5.39. The molecule has 0 aliphatic heterocycles. The van der Waals surface area contributed by atoms with Gasteiger partial charge in [-0.2, -0.15) is 0 Å². The molecule has 0 spiro atoms. The van der Waals surface area contributed by atoms with Crippen molar-refractivity contribution in [1.82, 2.24) is 20.2 Å². The van der Waals surface area contributed by atoms with E-state index in [1.807, 2.05) is 0 Å². The second-order valence-corrected chi connectivity index (χ2v) is 6.88. The van der Waals surface area contributed by atoms with E-state index >= 15 is 0 Å². The molecule has 6 nitrogen and oxygen atoms in total. The van der Waals surface area contributed by atoms with Crippen molar-refractivity contribution in [2.75, 3.05) is 26.2 Å². The van der Waals surface area contributed by atoms with Gasteiger partial charge in [-0.15, -0.1) is 11.3 Å². The third kappa shape index (κ3) is 4.21. The first-order chi connectivity index (χ1) is 11.5. The Morgan fingerprint density at radius 3 is 2.62 bits per heavy atom. The number of H-pyrrole nitrogens is 1. The number of aryl methyl sites for hydroxylation is 2. The molecule has 0 bridgehead atoms. The van der Waals surface area contributed by atoms with Gasteiger partial charge < -0.3 is 15.2 Å². The van der Waals surface area contributed by atoms with Crippen molar-refractivity contribution in [3.63, 3.8) is 0 Å². The molecular weight excluding hydrogens is 324 g/mol. The Kier molecular flexibility index (Phi) is 6.51. The molecule has 0 radical (unpaired) electrons. The van der Waals surface area contributed by atoms with Gasteiger partial charge in [-0.05, 0) is 51.9 Å². The topological polar surface area (TPSA) is 78.1 Å². The van der Waals surface area contributed by atoms with E-state index in [-0.39, 0.29) is 11.5 Å². The Bertz CT molecular complexity index is 762. The minimum absolute atomic E-state index is 0.115. The summed E-state index contributed by atoms with van der Waals surface area (Å²) in [6.07, 6.45) is 2.01. The van der Waals surface area contributed by atoms with Crippen LogP contribution in [0.4, 0.5) is 0 Å². The highest BCUT2D eigenvalue weighted by Crippen LogP contribution is 2.26. The van der Waals surface area contributed by atoms with Crippen LogP contribution in [0, 0.1) is 13.8 Å². The molecule has 0 atom stereocenters. The summed E-state index contributed by atoms with van der Waals surface area (Å²) < 4.78 is 0. The number of aromatic nitrogens is 2. The zero-order valence-electron chi connectivity index (χ0n) is 14.9. The predicted octanol–water partition coefficient (Wildman–Crippen LogP) is 2.45. The summed E-state index contributed by atoms with van der Waals surface area (Å²) in [5.74, 6) is 0.451. The number of amides is 1. The zero-order chi connectivity index (χ0) is 17.7. The van der Waals surface area contributed by atoms with Crippen LogP contribution in [-0.2, 0) is 0 Å². The fraction of sp³-hybridized carbons (Fsp3) is 0.588. The van der Waals surface area contributed by atoms with E-state index in [1.165, 1.54) is 11.3 Å². The van der Waals surface area contributed by atoms with Gasteiger partial charge in [0.05, 0.1) is 10.3 Å². The Balaban J connectivity index is 1.96. The summed E-state index contributed by atoms with van der Waals surface area (Å²) in [6.45, 7) is 11.7. The molecule has 2 heterocycles. The highest BCUT2D eigenvalue weighted by atomic mass is 32.1. The number of nitrogens with zero attached hydrogens (tertiary/aromatic N) is 2. The van der Waals surface area contributed by atoms with Crippen molar-refractivity contribution in [2.45, 2.75) is 40.5 Å². The molecule has 0 fully saturated rings. The fourth-order valence-electron chi connectivity index (χ4n) is 2.75. The lowest BCUT2D eigenvalue weighted by atomic mass is 10.2. The number of fused-ring (bicyclic) bond motifs is 1. The number of rotatable bonds is 8. The Morgan fingerprint density at radius 1 is 1.25 bits per heavy atom. The lowest BCUT2D eigenvalue weighted by Crippen LogP contribution is -2.27. The van der Waals surface area contributed by atoms with E-state index in [1.54, 1.807) is 13.8 Å². The monoisotopic (exact) mass is 350 g/mol. The molecular formula is C17H26N4O2S. The number of unbranched alkanes of at least 4 members (excludes halogenated alkanes) is 1. The highest BCUT2D eigenvalue weighted by Gasteiger charge is 2.18. The van der Waals surface area contributed by atoms with Gasteiger partial charge in [-0.1, -0.05) is 13.8 Å². The Hall–Kier alpha value is -1.73. The van der Waals surface area contributed by atoms with Crippen LogP contribution in [0.3, 0.4) is 0 Å². The molecule has 0 unspecified atom stereocenters. The summed E-state index contributed by atoms with van der Waals surface area (Å²) in [6, 6.07) is 0. The van der Waals surface area contributed by atoms with Gasteiger partial charge in [-0.25, -0.2) is 4.98 Å². The number of nitrogens with one attached hydrogen (secondary N) is 2. The molecule has 0 saturated carbocycles. The lowest BCUT2D eigenvalue weighted by Gasteiger charge is -2.17. The molecule has 2 aromatic rings. The van der Waals surface area contributed by atoms with Crippen molar-refractivity contribution in [3.8, 4) is 0 Å². The van der Waals surface area contributed by atoms with E-state index in [9.17, 15) is 9.59 Å². The molecule has 2 rings (SSSR count). The summed E-state index contributed by atoms with van der Waals surface area (Å²) in [4.78, 5) is 35.0. The number of carbonyl (C=O) groups is 1. The maximum atomic E-state index is 12.4. The van der Waals surface area contributed by atoms with Crippen molar-refractivity contribution in [1.29, 1.82) is 0 Å². The van der Waals surface area contributed by atoms with Gasteiger partial charge in [0.2, 0.25) is 0 Å². The largest absolute Gasteiger partial charge is 0.351 e. The van der Waals surface area contributed by atoms with Crippen molar-refractivity contribution in [3.05, 3.63) is 26.6 Å². The maximum absolute atomic E-state index is 12.4. The van der Waals surface area contributed by atoms with Gasteiger partial charge in [0.15, 0.2) is 0 Å². The first-order valence-corrected chi connectivity index (χ1v) is 9.30. The summed E-state index contributed by atoms with van der Waals surface area (Å²) >= 11 is 1.28. The van der Waals surface area contributed by atoms with Crippen molar-refractivity contribution < 1.29 is 4.79 Å². The van der Waals surface area contributed by atoms with Gasteiger partial charge in [0, 0.05) is 6.54 Å². The molecule has 0 aromatic carbocycles. The number of hydrogen-bond donors (Lipinski definition) is 2. The number of thiophene rings is 1. The Morgan fingerprint density at radius 2 is 1.96 bits per heavy atom. The molecule has 0 aliphatic carbocycles. The smallest absolute Gasteiger partial charge is 0.261 e. The first kappa shape index (κ1) is 18.6. The van der Waals surface area contributed by atoms with E-state index in [0.717, 1.165) is 32.5 Å². The SMILES string of the molecule is CCN(CC)CCCCNC(=O)c1sc2nc(C)[nH]c(=O)c2c1C. The van der Waals surface area contributed by atoms with Crippen LogP contribution in [-0.4, -0.2) is 47.0 Å². The minimum atomic E-state index is -0.176. The lowest BCUT2D eigenvalue weighted by molar-refractivity contribution is 0.0956. The molecule has 1 amide bonds. The normalized spacial score (nSPS) is 11.4. The second kappa shape index (κ2) is 8.39. The van der Waals surface area contributed by atoms with E-state index in [0.29, 0.717) is 33.0 Å². The molecule has 0 aliphatic rings. The quantitative estimate of drug-likeness (QED) is 0.717. The van der Waals surface area contributed by atoms with E-state index in [4.69, 9.17) is 0 Å². The molecule has 0 saturated heterocycles. The average Bonchev–Trinajstić information content (AvgIpc) is 2.87. The van der Waals surface area contributed by atoms with Gasteiger partial charge in [-0.3, -0.25) is 9.59 Å². The van der Waals surface area contributed by atoms with Crippen LogP contribution in [0.1, 0.15) is 47.7 Å². The minimum Gasteiger partial charge on any atom is -0.351 e. The fourth-order valence-corrected chi connectivity index (χ4v) is 3.89. The number of carbonyl (C=O) groups excluding carboxylic acids is 1. The third-order valence-electron chi connectivity index (χ3n) is 4.21. The second-order valence-electron chi connectivity index (χ2n) is 5.88. The standard InChI is InChI=1S/C17H26N4O2S/c1-5-21(6-2)10-8-7-9-18-16(23)14-11(3)13-15(22)19-12(4)20-17(13)24-14/h5-10H2,1-4H3,(H,18,23)(H,19,20,22). The molecule has 132 valence electrons. The average molecular weight is 350 g/mol. The highest BCUT2D eigenvalue weighted by molar-refractivity contribution is 7.20. The number of aromatic amines is 1. The Labute approximate surface area is 146 Å². The summed E-state index contributed by atoms with van der Waals surface area (Å²) in [5.41, 5.74) is 0.536. The van der Waals surface area contributed by atoms with Crippen molar-refractivity contribution >= 4 is 27.5 Å². The predicted molar refractivity (Wildman–Crippen MR) is 99.1 cm³/mol. The summed E-state index contributed by atoms with van der Waals surface area (Å²) in [7, 11) is 0. The van der Waals surface area contributed by atoms with E-state index < -0.39 is 0 Å². The van der Waals surface area contributed by atoms with Gasteiger partial charge in [0.1, 0.15) is 10.7 Å². The molecule has 2 N–H and O–H groups in total. The molecule has 2 aromatic heterocycles.